The molecule has 7 nitrogen and oxygen atoms in total. The van der Waals surface area contributed by atoms with Gasteiger partial charge in [-0.15, -0.1) is 0 Å². The van der Waals surface area contributed by atoms with Gasteiger partial charge in [-0.3, -0.25) is 14.7 Å². The normalized spacial score (nSPS) is 19.8. The van der Waals surface area contributed by atoms with Gasteiger partial charge in [0.1, 0.15) is 17.7 Å². The van der Waals surface area contributed by atoms with Gasteiger partial charge in [0.2, 0.25) is 0 Å². The molecule has 2 aliphatic heterocycles. The van der Waals surface area contributed by atoms with Crippen LogP contribution in [0, 0.1) is 0 Å². The van der Waals surface area contributed by atoms with Crippen molar-refractivity contribution in [1.82, 2.24) is 19.8 Å². The largest absolute Gasteiger partial charge is 0.358 e. The number of nitrogens with zero attached hydrogens (tertiary/aromatic N) is 4. The van der Waals surface area contributed by atoms with Crippen molar-refractivity contribution in [3.05, 3.63) is 65.6 Å². The number of carbonyl (C=O) groups excluding carboxylic acids is 1. The Kier molecular flexibility index (Phi) is 3.85. The Morgan fingerprint density at radius 2 is 2.12 bits per heavy atom. The topological polar surface area (TPSA) is 88.5 Å². The quantitative estimate of drug-likeness (QED) is 0.846. The summed E-state index contributed by atoms with van der Waals surface area (Å²) in [5.41, 5.74) is 8.47. The first-order chi connectivity index (χ1) is 12.2. The molecule has 0 radical (unpaired) electrons. The highest BCUT2D eigenvalue weighted by Crippen LogP contribution is 2.25. The van der Waals surface area contributed by atoms with E-state index < -0.39 is 0 Å². The predicted octanol–water partition coefficient (Wildman–Crippen LogP) is 0.394. The number of imidazole rings is 1. The van der Waals surface area contributed by atoms with E-state index in [2.05, 4.69) is 10.3 Å². The molecule has 1 amide bonds. The summed E-state index contributed by atoms with van der Waals surface area (Å²) in [6, 6.07) is 9.54. The Morgan fingerprint density at radius 3 is 2.80 bits per heavy atom. The third kappa shape index (κ3) is 2.72. The number of aliphatic imine (C=N–C) groups is 1. The van der Waals surface area contributed by atoms with Gasteiger partial charge in [-0.1, -0.05) is 30.3 Å². The predicted molar refractivity (Wildman–Crippen MR) is 94.6 cm³/mol. The number of aryl methyl sites for hydroxylation is 1. The number of fused-ring (bicyclic) bond motifs is 1. The highest BCUT2D eigenvalue weighted by Gasteiger charge is 2.39. The smallest absolute Gasteiger partial charge is 0.251 e. The molecular formula is C18H20N6O. The summed E-state index contributed by atoms with van der Waals surface area (Å²) in [6.45, 7) is 0.726. The molecule has 2 aromatic rings. The molecule has 4 rings (SSSR count). The van der Waals surface area contributed by atoms with Crippen LogP contribution in [0.5, 0.6) is 0 Å². The Morgan fingerprint density at radius 1 is 1.32 bits per heavy atom. The van der Waals surface area contributed by atoms with Crippen LogP contribution in [0.2, 0.25) is 0 Å². The molecule has 3 heterocycles. The molecule has 3 N–H and O–H groups in total. The molecule has 0 saturated carbocycles. The number of hydrogen-bond donors (Lipinski definition) is 2. The van der Waals surface area contributed by atoms with Crippen molar-refractivity contribution in [2.45, 2.75) is 12.5 Å². The molecule has 1 atom stereocenters. The fourth-order valence-electron chi connectivity index (χ4n) is 3.24. The van der Waals surface area contributed by atoms with Crippen molar-refractivity contribution in [2.24, 2.45) is 17.8 Å². The second-order valence-electron chi connectivity index (χ2n) is 6.20. The van der Waals surface area contributed by atoms with E-state index in [0.29, 0.717) is 18.7 Å². The monoisotopic (exact) mass is 336 g/mol. The standard InChI is InChI=1S/C18H20N6O/c1-23-8-7-20-16(23)9-13-18(25)24-11-15(12-5-3-2-4-6-12)21-14(10-19)17(24)22-13/h2-8,13,22H,9-11,19H2,1H3. The minimum Gasteiger partial charge on any atom is -0.358 e. The summed E-state index contributed by atoms with van der Waals surface area (Å²) in [5.74, 6) is 1.63. The van der Waals surface area contributed by atoms with Crippen LogP contribution in [0.1, 0.15) is 11.4 Å². The molecule has 1 unspecified atom stereocenters. The highest BCUT2D eigenvalue weighted by atomic mass is 16.2. The van der Waals surface area contributed by atoms with Crippen molar-refractivity contribution < 1.29 is 4.79 Å². The van der Waals surface area contributed by atoms with E-state index in [-0.39, 0.29) is 18.5 Å². The van der Waals surface area contributed by atoms with Gasteiger partial charge in [0.15, 0.2) is 0 Å². The van der Waals surface area contributed by atoms with E-state index in [0.717, 1.165) is 22.9 Å². The van der Waals surface area contributed by atoms with Crippen LogP contribution >= 0.6 is 0 Å². The van der Waals surface area contributed by atoms with E-state index in [9.17, 15) is 4.79 Å². The lowest BCUT2D eigenvalue weighted by atomic mass is 10.1. The molecule has 0 spiro atoms. The summed E-state index contributed by atoms with van der Waals surface area (Å²) in [5, 5.41) is 3.30. The zero-order chi connectivity index (χ0) is 17.4. The SMILES string of the molecule is Cn1ccnc1CC1NC2=C(CN)N=C(c3ccccc3)CN2C1=O. The molecule has 0 aliphatic carbocycles. The van der Waals surface area contributed by atoms with Gasteiger partial charge in [-0.25, -0.2) is 4.98 Å². The number of nitrogens with two attached hydrogens (primary N) is 1. The second-order valence-corrected chi connectivity index (χ2v) is 6.20. The van der Waals surface area contributed by atoms with Crippen molar-refractivity contribution in [1.29, 1.82) is 0 Å². The van der Waals surface area contributed by atoms with Gasteiger partial charge in [0, 0.05) is 32.4 Å². The van der Waals surface area contributed by atoms with Gasteiger partial charge in [0.05, 0.1) is 18.0 Å². The van der Waals surface area contributed by atoms with E-state index in [1.807, 2.05) is 48.1 Å². The minimum absolute atomic E-state index is 0.0345. The van der Waals surface area contributed by atoms with E-state index in [1.165, 1.54) is 0 Å². The fraction of sp³-hybridized carbons (Fsp3) is 0.278. The van der Waals surface area contributed by atoms with Gasteiger partial charge >= 0.3 is 0 Å². The first kappa shape index (κ1) is 15.6. The van der Waals surface area contributed by atoms with Gasteiger partial charge in [-0.2, -0.15) is 0 Å². The number of nitrogens with one attached hydrogen (secondary N) is 1. The first-order valence-electron chi connectivity index (χ1n) is 8.27. The van der Waals surface area contributed by atoms with E-state index in [4.69, 9.17) is 10.7 Å². The summed E-state index contributed by atoms with van der Waals surface area (Å²) >= 11 is 0. The number of carbonyl (C=O) groups is 1. The third-order valence-corrected chi connectivity index (χ3v) is 4.60. The maximum Gasteiger partial charge on any atom is 0.251 e. The number of amides is 1. The van der Waals surface area contributed by atoms with Crippen LogP contribution in [-0.2, 0) is 18.3 Å². The van der Waals surface area contributed by atoms with E-state index in [1.54, 1.807) is 11.1 Å². The van der Waals surface area contributed by atoms with Crippen molar-refractivity contribution >= 4 is 11.6 Å². The molecule has 2 aliphatic rings. The van der Waals surface area contributed by atoms with Crippen LogP contribution in [-0.4, -0.2) is 45.2 Å². The van der Waals surface area contributed by atoms with Crippen molar-refractivity contribution in [3.63, 3.8) is 0 Å². The number of aromatic nitrogens is 2. The van der Waals surface area contributed by atoms with Crippen LogP contribution in [0.4, 0.5) is 0 Å². The van der Waals surface area contributed by atoms with Crippen LogP contribution in [0.25, 0.3) is 0 Å². The lowest BCUT2D eigenvalue weighted by molar-refractivity contribution is -0.127. The average Bonchev–Trinajstić information content (AvgIpc) is 3.19. The molecular weight excluding hydrogens is 316 g/mol. The van der Waals surface area contributed by atoms with Gasteiger partial charge < -0.3 is 15.6 Å². The Bertz CT molecular complexity index is 867. The number of hydrogen-bond acceptors (Lipinski definition) is 5. The van der Waals surface area contributed by atoms with Crippen LogP contribution in [0.15, 0.2) is 59.2 Å². The Hall–Kier alpha value is -2.93. The minimum atomic E-state index is -0.344. The zero-order valence-electron chi connectivity index (χ0n) is 14.0. The molecule has 1 aromatic heterocycles. The Balaban J connectivity index is 1.62. The molecule has 1 fully saturated rings. The lowest BCUT2D eigenvalue weighted by Crippen LogP contribution is -2.37. The fourth-order valence-corrected chi connectivity index (χ4v) is 3.24. The summed E-state index contributed by atoms with van der Waals surface area (Å²) in [7, 11) is 1.93. The van der Waals surface area contributed by atoms with Gasteiger partial charge in [-0.05, 0) is 5.56 Å². The van der Waals surface area contributed by atoms with Crippen molar-refractivity contribution in [2.75, 3.05) is 13.1 Å². The Labute approximate surface area is 145 Å². The molecule has 7 heteroatoms. The summed E-state index contributed by atoms with van der Waals surface area (Å²) in [4.78, 5) is 23.7. The summed E-state index contributed by atoms with van der Waals surface area (Å²) < 4.78 is 1.93. The zero-order valence-corrected chi connectivity index (χ0v) is 14.0. The molecule has 0 bridgehead atoms. The second kappa shape index (κ2) is 6.18. The highest BCUT2D eigenvalue weighted by molar-refractivity contribution is 6.06. The maximum atomic E-state index is 12.9. The number of benzene rings is 1. The maximum absolute atomic E-state index is 12.9. The van der Waals surface area contributed by atoms with E-state index >= 15 is 0 Å². The summed E-state index contributed by atoms with van der Waals surface area (Å²) in [6.07, 6.45) is 4.15. The third-order valence-electron chi connectivity index (χ3n) is 4.60. The molecule has 1 saturated heterocycles. The van der Waals surface area contributed by atoms with Gasteiger partial charge in [0.25, 0.3) is 5.91 Å². The molecule has 25 heavy (non-hydrogen) atoms. The lowest BCUT2D eigenvalue weighted by Gasteiger charge is -2.24. The molecule has 1 aromatic carbocycles. The van der Waals surface area contributed by atoms with Crippen LogP contribution < -0.4 is 11.1 Å². The first-order valence-corrected chi connectivity index (χ1v) is 8.27. The molecule has 128 valence electrons. The van der Waals surface area contributed by atoms with Crippen molar-refractivity contribution in [3.8, 4) is 0 Å². The van der Waals surface area contributed by atoms with Crippen LogP contribution in [0.3, 0.4) is 0 Å². The average molecular weight is 336 g/mol. The number of rotatable bonds is 4.